The highest BCUT2D eigenvalue weighted by atomic mass is 16.5. The van der Waals surface area contributed by atoms with E-state index in [1.807, 2.05) is 0 Å². The fourth-order valence-corrected chi connectivity index (χ4v) is 1.91. The molecule has 2 rings (SSSR count). The Morgan fingerprint density at radius 1 is 0.897 bits per heavy atom. The SMILES string of the molecule is CC(=O)O.COc1cc(C=O)ccc1CC(=O)O.COc1cc(C=O)ccc1O. The lowest BCUT2D eigenvalue weighted by Gasteiger charge is -2.06. The quantitative estimate of drug-likeness (QED) is 0.615. The van der Waals surface area contributed by atoms with Crippen molar-refractivity contribution in [2.45, 2.75) is 13.3 Å². The van der Waals surface area contributed by atoms with Gasteiger partial charge in [0.25, 0.3) is 5.97 Å². The van der Waals surface area contributed by atoms with Gasteiger partial charge in [0.1, 0.15) is 18.3 Å². The summed E-state index contributed by atoms with van der Waals surface area (Å²) < 4.78 is 9.75. The van der Waals surface area contributed by atoms with E-state index in [4.69, 9.17) is 29.6 Å². The lowest BCUT2D eigenvalue weighted by Crippen LogP contribution is -2.02. The molecular formula is C20H22O9. The van der Waals surface area contributed by atoms with Gasteiger partial charge in [-0.1, -0.05) is 12.1 Å². The summed E-state index contributed by atoms with van der Waals surface area (Å²) in [7, 11) is 2.87. The Morgan fingerprint density at radius 3 is 1.76 bits per heavy atom. The number of hydrogen-bond acceptors (Lipinski definition) is 7. The maximum atomic E-state index is 10.5. The summed E-state index contributed by atoms with van der Waals surface area (Å²) in [6.45, 7) is 1.08. The Morgan fingerprint density at radius 2 is 1.34 bits per heavy atom. The Kier molecular flexibility index (Phi) is 11.5. The highest BCUT2D eigenvalue weighted by molar-refractivity contribution is 5.77. The minimum absolute atomic E-state index is 0.0399. The highest BCUT2D eigenvalue weighted by Crippen LogP contribution is 2.25. The second kappa shape index (κ2) is 13.3. The Hall–Kier alpha value is -3.88. The molecule has 156 valence electrons. The molecule has 0 aliphatic carbocycles. The average Bonchev–Trinajstić information content (AvgIpc) is 2.68. The van der Waals surface area contributed by atoms with Crippen LogP contribution in [0.4, 0.5) is 0 Å². The molecule has 3 N–H and O–H groups in total. The number of aldehydes is 2. The largest absolute Gasteiger partial charge is 0.504 e. The van der Waals surface area contributed by atoms with E-state index in [0.717, 1.165) is 6.92 Å². The van der Waals surface area contributed by atoms with Crippen LogP contribution in [0.5, 0.6) is 17.2 Å². The van der Waals surface area contributed by atoms with Crippen molar-refractivity contribution in [3.8, 4) is 17.2 Å². The average molecular weight is 406 g/mol. The van der Waals surface area contributed by atoms with Gasteiger partial charge in [0.2, 0.25) is 0 Å². The molecule has 0 aromatic heterocycles. The molecule has 2 aromatic carbocycles. The van der Waals surface area contributed by atoms with Crippen LogP contribution in [-0.4, -0.2) is 54.1 Å². The van der Waals surface area contributed by atoms with Gasteiger partial charge in [0, 0.05) is 23.6 Å². The number of aliphatic carboxylic acids is 2. The summed E-state index contributed by atoms with van der Waals surface area (Å²) in [5, 5.41) is 25.1. The summed E-state index contributed by atoms with van der Waals surface area (Å²) in [5.41, 5.74) is 1.52. The van der Waals surface area contributed by atoms with Crippen molar-refractivity contribution in [2.75, 3.05) is 14.2 Å². The first-order valence-electron chi connectivity index (χ1n) is 8.04. The van der Waals surface area contributed by atoms with Crippen LogP contribution in [0.3, 0.4) is 0 Å². The van der Waals surface area contributed by atoms with Crippen LogP contribution >= 0.6 is 0 Å². The van der Waals surface area contributed by atoms with E-state index in [0.29, 0.717) is 40.8 Å². The summed E-state index contributed by atoms with van der Waals surface area (Å²) in [5.74, 6) is -0.980. The van der Waals surface area contributed by atoms with Crippen LogP contribution < -0.4 is 9.47 Å². The first-order chi connectivity index (χ1) is 13.7. The van der Waals surface area contributed by atoms with Crippen molar-refractivity contribution >= 4 is 24.5 Å². The fourth-order valence-electron chi connectivity index (χ4n) is 1.91. The maximum absolute atomic E-state index is 10.5. The third-order valence-corrected chi connectivity index (χ3v) is 3.13. The van der Waals surface area contributed by atoms with Crippen LogP contribution in [0.15, 0.2) is 36.4 Å². The number of rotatable bonds is 6. The molecule has 0 atom stereocenters. The summed E-state index contributed by atoms with van der Waals surface area (Å²) in [6, 6.07) is 9.07. The first kappa shape index (κ1) is 25.1. The van der Waals surface area contributed by atoms with Gasteiger partial charge in [-0.05, 0) is 24.3 Å². The highest BCUT2D eigenvalue weighted by Gasteiger charge is 2.07. The number of benzene rings is 2. The number of ether oxygens (including phenoxy) is 2. The summed E-state index contributed by atoms with van der Waals surface area (Å²) >= 11 is 0. The third-order valence-electron chi connectivity index (χ3n) is 3.13. The van der Waals surface area contributed by atoms with Crippen molar-refractivity contribution in [1.82, 2.24) is 0 Å². The number of hydrogen-bond donors (Lipinski definition) is 3. The van der Waals surface area contributed by atoms with Gasteiger partial charge in [0.05, 0.1) is 20.6 Å². The van der Waals surface area contributed by atoms with Gasteiger partial charge < -0.3 is 24.8 Å². The lowest BCUT2D eigenvalue weighted by molar-refractivity contribution is -0.136. The number of carbonyl (C=O) groups is 4. The molecule has 0 heterocycles. The van der Waals surface area contributed by atoms with Crippen LogP contribution in [0.1, 0.15) is 33.2 Å². The molecule has 0 fully saturated rings. The predicted molar refractivity (Wildman–Crippen MR) is 103 cm³/mol. The number of carbonyl (C=O) groups excluding carboxylic acids is 2. The van der Waals surface area contributed by atoms with Crippen molar-refractivity contribution in [3.63, 3.8) is 0 Å². The van der Waals surface area contributed by atoms with Crippen molar-refractivity contribution in [2.24, 2.45) is 0 Å². The molecule has 0 unspecified atom stereocenters. The monoisotopic (exact) mass is 406 g/mol. The molecule has 0 spiro atoms. The smallest absolute Gasteiger partial charge is 0.307 e. The van der Waals surface area contributed by atoms with Crippen molar-refractivity contribution < 1.29 is 44.0 Å². The van der Waals surface area contributed by atoms with Gasteiger partial charge in [-0.3, -0.25) is 19.2 Å². The minimum atomic E-state index is -0.929. The summed E-state index contributed by atoms with van der Waals surface area (Å²) in [4.78, 5) is 40.2. The van der Waals surface area contributed by atoms with Crippen molar-refractivity contribution in [1.29, 1.82) is 0 Å². The number of carboxylic acid groups (broad SMARTS) is 2. The molecule has 2 aromatic rings. The minimum Gasteiger partial charge on any atom is -0.504 e. The zero-order valence-electron chi connectivity index (χ0n) is 16.1. The molecule has 0 amide bonds. The molecule has 0 bridgehead atoms. The molecular weight excluding hydrogens is 384 g/mol. The van der Waals surface area contributed by atoms with E-state index in [2.05, 4.69) is 0 Å². The topological polar surface area (TPSA) is 147 Å². The molecule has 9 heteroatoms. The fraction of sp³-hybridized carbons (Fsp3) is 0.200. The zero-order valence-corrected chi connectivity index (χ0v) is 16.1. The van der Waals surface area contributed by atoms with E-state index in [-0.39, 0.29) is 12.2 Å². The number of phenolic OH excluding ortho intramolecular Hbond substituents is 1. The Bertz CT molecular complexity index is 840. The predicted octanol–water partition coefficient (Wildman–Crippen LogP) is 2.44. The van der Waals surface area contributed by atoms with E-state index in [9.17, 15) is 14.4 Å². The lowest BCUT2D eigenvalue weighted by atomic mass is 10.1. The normalized spacial score (nSPS) is 8.93. The molecule has 29 heavy (non-hydrogen) atoms. The van der Waals surface area contributed by atoms with Gasteiger partial charge in [-0.25, -0.2) is 0 Å². The number of methoxy groups -OCH3 is 2. The van der Waals surface area contributed by atoms with Crippen LogP contribution in [-0.2, 0) is 16.0 Å². The van der Waals surface area contributed by atoms with E-state index in [1.165, 1.54) is 38.5 Å². The van der Waals surface area contributed by atoms with Gasteiger partial charge in [-0.2, -0.15) is 0 Å². The van der Waals surface area contributed by atoms with Crippen LogP contribution in [0.2, 0.25) is 0 Å². The van der Waals surface area contributed by atoms with Crippen LogP contribution in [0, 0.1) is 0 Å². The summed E-state index contributed by atoms with van der Waals surface area (Å²) in [6.07, 6.45) is 1.28. The molecule has 0 saturated carbocycles. The van der Waals surface area contributed by atoms with Gasteiger partial charge in [0.15, 0.2) is 11.5 Å². The number of phenols is 1. The van der Waals surface area contributed by atoms with E-state index < -0.39 is 11.9 Å². The zero-order chi connectivity index (χ0) is 22.4. The standard InChI is InChI=1S/C10H10O4.C8H8O3.C2H4O2/c1-14-9-4-7(6-11)2-3-8(9)5-10(12)13;1-11-8-4-6(5-9)2-3-7(8)10;1-2(3)4/h2-4,6H,5H2,1H3,(H,12,13);2-5,10H,1H3;1H3,(H,3,4). The third kappa shape index (κ3) is 10.1. The van der Waals surface area contributed by atoms with Crippen molar-refractivity contribution in [3.05, 3.63) is 53.1 Å². The Labute approximate surface area is 167 Å². The number of aromatic hydroxyl groups is 1. The van der Waals surface area contributed by atoms with Gasteiger partial charge >= 0.3 is 5.97 Å². The molecule has 0 aliphatic rings. The Balaban J connectivity index is 0.000000466. The molecule has 0 radical (unpaired) electrons. The van der Waals surface area contributed by atoms with Gasteiger partial charge in [-0.15, -0.1) is 0 Å². The second-order valence-electron chi connectivity index (χ2n) is 5.33. The maximum Gasteiger partial charge on any atom is 0.307 e. The molecule has 0 aliphatic heterocycles. The second-order valence-corrected chi connectivity index (χ2v) is 5.33. The molecule has 0 saturated heterocycles. The molecule has 9 nitrogen and oxygen atoms in total. The van der Waals surface area contributed by atoms with E-state index in [1.54, 1.807) is 12.1 Å². The van der Waals surface area contributed by atoms with E-state index >= 15 is 0 Å². The van der Waals surface area contributed by atoms with Crippen LogP contribution in [0.25, 0.3) is 0 Å². The first-order valence-corrected chi connectivity index (χ1v) is 8.04. The number of carboxylic acids is 2.